The Kier molecular flexibility index (Phi) is 4.58. The lowest BCUT2D eigenvalue weighted by molar-refractivity contribution is 0.593. The van der Waals surface area contributed by atoms with E-state index < -0.39 is 7.14 Å². The Bertz CT molecular complexity index is 2560. The van der Waals surface area contributed by atoms with Gasteiger partial charge in [-0.15, -0.1) is 0 Å². The van der Waals surface area contributed by atoms with Crippen molar-refractivity contribution in [3.05, 3.63) is 152 Å². The van der Waals surface area contributed by atoms with Crippen LogP contribution in [-0.4, -0.2) is 9.13 Å². The molecule has 11 rings (SSSR count). The van der Waals surface area contributed by atoms with Gasteiger partial charge in [0.05, 0.1) is 33.4 Å². The Morgan fingerprint density at radius 1 is 0.370 bits per heavy atom. The van der Waals surface area contributed by atoms with Crippen LogP contribution >= 0.6 is 7.14 Å². The van der Waals surface area contributed by atoms with E-state index in [1.54, 1.807) is 0 Å². The number of fused-ring (bicyclic) bond motifs is 12. The predicted octanol–water partition coefficient (Wildman–Crippen LogP) is 9.48. The van der Waals surface area contributed by atoms with Crippen LogP contribution in [0.15, 0.2) is 152 Å². The van der Waals surface area contributed by atoms with Crippen LogP contribution in [0.4, 0.5) is 0 Å². The standard InChI is InChI=1S/C42H25N2OP/c45-46-38-24-10-22-36(43-32-18-5-1-12-26(32)27-13-2-6-19-33(27)43)40(38)30-16-9-17-31(42(30)46)41-37(23-11-25-39(41)46)44-34-20-7-3-14-28(34)29-15-4-8-21-35(29)44/h1-25H. The molecule has 4 heteroatoms. The first-order chi connectivity index (χ1) is 22.7. The molecule has 2 aliphatic heterocycles. The lowest BCUT2D eigenvalue weighted by Gasteiger charge is -2.18. The largest absolute Gasteiger partial charge is 0.309 e. The van der Waals surface area contributed by atoms with Crippen molar-refractivity contribution in [1.82, 2.24) is 9.13 Å². The van der Waals surface area contributed by atoms with E-state index in [1.165, 1.54) is 21.5 Å². The zero-order valence-corrected chi connectivity index (χ0v) is 25.6. The highest BCUT2D eigenvalue weighted by atomic mass is 31.2. The highest BCUT2D eigenvalue weighted by molar-refractivity contribution is 7.87. The summed E-state index contributed by atoms with van der Waals surface area (Å²) < 4.78 is 20.7. The molecule has 0 N–H and O–H groups in total. The van der Waals surface area contributed by atoms with Crippen molar-refractivity contribution in [2.45, 2.75) is 0 Å². The maximum absolute atomic E-state index is 16.0. The van der Waals surface area contributed by atoms with Gasteiger partial charge in [0.2, 0.25) is 0 Å². The number of rotatable bonds is 2. The van der Waals surface area contributed by atoms with Crippen LogP contribution in [0.25, 0.3) is 77.2 Å². The van der Waals surface area contributed by atoms with E-state index in [0.29, 0.717) is 0 Å². The lowest BCUT2D eigenvalue weighted by atomic mass is 9.96. The highest BCUT2D eigenvalue weighted by Gasteiger charge is 2.49. The summed E-state index contributed by atoms with van der Waals surface area (Å²) in [5.74, 6) is 0. The molecule has 0 bridgehead atoms. The molecule has 0 saturated carbocycles. The number of hydrogen-bond donors (Lipinski definition) is 0. The Labute approximate surface area is 265 Å². The molecule has 0 saturated heterocycles. The maximum Gasteiger partial charge on any atom is 0.173 e. The second kappa shape index (κ2) is 8.54. The molecular formula is C42H25N2OP. The SMILES string of the molecule is O=P12c3cccc(-n4c5ccccc5c5ccccc54)c3-c3cccc(c31)-c1c(-n3c4ccccc4c4ccccc43)cccc12. The van der Waals surface area contributed by atoms with Gasteiger partial charge in [-0.25, -0.2) is 0 Å². The van der Waals surface area contributed by atoms with Gasteiger partial charge in [-0.2, -0.15) is 0 Å². The van der Waals surface area contributed by atoms with E-state index in [9.17, 15) is 0 Å². The Morgan fingerprint density at radius 2 is 0.717 bits per heavy atom. The minimum absolute atomic E-state index is 0.937. The summed E-state index contributed by atoms with van der Waals surface area (Å²) in [5, 5.41) is 7.75. The van der Waals surface area contributed by atoms with E-state index in [1.807, 2.05) is 0 Å². The molecule has 3 nitrogen and oxygen atoms in total. The van der Waals surface area contributed by atoms with Crippen molar-refractivity contribution in [3.63, 3.8) is 0 Å². The first-order valence-electron chi connectivity index (χ1n) is 15.7. The molecule has 7 aromatic carbocycles. The maximum atomic E-state index is 16.0. The van der Waals surface area contributed by atoms with Crippen molar-refractivity contribution in [3.8, 4) is 33.6 Å². The van der Waals surface area contributed by atoms with Crippen LogP contribution in [0.1, 0.15) is 0 Å². The van der Waals surface area contributed by atoms with Gasteiger partial charge in [0, 0.05) is 48.6 Å². The third-order valence-corrected chi connectivity index (χ3v) is 13.5. The first-order valence-corrected chi connectivity index (χ1v) is 17.4. The molecular weight excluding hydrogens is 579 g/mol. The Balaban J connectivity index is 1.24. The van der Waals surface area contributed by atoms with Crippen molar-refractivity contribution in [2.75, 3.05) is 0 Å². The lowest BCUT2D eigenvalue weighted by Crippen LogP contribution is -2.17. The molecule has 0 amide bonds. The number of benzene rings is 7. The molecule has 9 aromatic rings. The highest BCUT2D eigenvalue weighted by Crippen LogP contribution is 2.61. The molecule has 0 aliphatic carbocycles. The van der Waals surface area contributed by atoms with Gasteiger partial charge in [0.15, 0.2) is 7.14 Å². The minimum Gasteiger partial charge on any atom is -0.309 e. The summed E-state index contributed by atoms with van der Waals surface area (Å²) in [5.41, 5.74) is 11.1. The summed E-state index contributed by atoms with van der Waals surface area (Å²) in [4.78, 5) is 0. The number of aromatic nitrogens is 2. The average molecular weight is 605 g/mol. The van der Waals surface area contributed by atoms with Gasteiger partial charge in [0.1, 0.15) is 0 Å². The summed E-state index contributed by atoms with van der Waals surface area (Å²) in [6, 6.07) is 53.7. The first kappa shape index (κ1) is 24.7. The van der Waals surface area contributed by atoms with Crippen LogP contribution < -0.4 is 15.9 Å². The van der Waals surface area contributed by atoms with Crippen LogP contribution in [0.3, 0.4) is 0 Å². The van der Waals surface area contributed by atoms with Crippen molar-refractivity contribution in [1.29, 1.82) is 0 Å². The third kappa shape index (κ3) is 2.80. The normalized spacial score (nSPS) is 13.9. The second-order valence-corrected chi connectivity index (χ2v) is 15.0. The molecule has 0 spiro atoms. The molecule has 46 heavy (non-hydrogen) atoms. The molecule has 2 aromatic heterocycles. The van der Waals surface area contributed by atoms with Crippen LogP contribution in [0.2, 0.25) is 0 Å². The predicted molar refractivity (Wildman–Crippen MR) is 193 cm³/mol. The summed E-state index contributed by atoms with van der Waals surface area (Å²) >= 11 is 0. The Morgan fingerprint density at radius 3 is 1.11 bits per heavy atom. The van der Waals surface area contributed by atoms with Gasteiger partial charge >= 0.3 is 0 Å². The van der Waals surface area contributed by atoms with E-state index >= 15 is 4.57 Å². The third-order valence-electron chi connectivity index (χ3n) is 10.3. The van der Waals surface area contributed by atoms with Crippen molar-refractivity contribution in [2.24, 2.45) is 0 Å². The fourth-order valence-corrected chi connectivity index (χ4v) is 12.0. The van der Waals surface area contributed by atoms with E-state index in [0.717, 1.165) is 71.6 Å². The van der Waals surface area contributed by atoms with Gasteiger partial charge < -0.3 is 13.7 Å². The van der Waals surface area contributed by atoms with Crippen molar-refractivity contribution >= 4 is 66.7 Å². The van der Waals surface area contributed by atoms with Crippen molar-refractivity contribution < 1.29 is 4.57 Å². The molecule has 0 fully saturated rings. The number of para-hydroxylation sites is 4. The summed E-state index contributed by atoms with van der Waals surface area (Å²) in [6.45, 7) is 0. The summed E-state index contributed by atoms with van der Waals surface area (Å²) in [6.07, 6.45) is 0. The zero-order valence-electron chi connectivity index (χ0n) is 24.7. The van der Waals surface area contributed by atoms with Gasteiger partial charge in [-0.05, 0) is 47.5 Å². The number of hydrogen-bond acceptors (Lipinski definition) is 1. The minimum atomic E-state index is -3.15. The van der Waals surface area contributed by atoms with E-state index in [2.05, 4.69) is 161 Å². The Hall–Kier alpha value is -5.63. The smallest absolute Gasteiger partial charge is 0.173 e. The van der Waals surface area contributed by atoms with Crippen LogP contribution in [0, 0.1) is 0 Å². The van der Waals surface area contributed by atoms with Gasteiger partial charge in [0.25, 0.3) is 0 Å². The summed E-state index contributed by atoms with van der Waals surface area (Å²) in [7, 11) is -3.15. The van der Waals surface area contributed by atoms with Gasteiger partial charge in [-0.3, -0.25) is 0 Å². The monoisotopic (exact) mass is 604 g/mol. The average Bonchev–Trinajstić information content (AvgIpc) is 3.80. The van der Waals surface area contributed by atoms with Crippen LogP contribution in [0.5, 0.6) is 0 Å². The van der Waals surface area contributed by atoms with Crippen LogP contribution in [-0.2, 0) is 4.57 Å². The molecule has 214 valence electrons. The quantitative estimate of drug-likeness (QED) is 0.181. The topological polar surface area (TPSA) is 26.9 Å². The molecule has 0 atom stereocenters. The van der Waals surface area contributed by atoms with Gasteiger partial charge in [-0.1, -0.05) is 115 Å². The zero-order chi connectivity index (χ0) is 30.1. The second-order valence-electron chi connectivity index (χ2n) is 12.4. The fraction of sp³-hybridized carbons (Fsp3) is 0. The fourth-order valence-electron chi connectivity index (χ4n) is 8.53. The molecule has 0 radical (unpaired) electrons. The number of nitrogens with zero attached hydrogens (tertiary/aromatic N) is 2. The molecule has 2 aliphatic rings. The molecule has 4 heterocycles. The molecule has 0 unspecified atom stereocenters. The van der Waals surface area contributed by atoms with E-state index in [4.69, 9.17) is 0 Å². The van der Waals surface area contributed by atoms with E-state index in [-0.39, 0.29) is 0 Å².